The molecule has 0 heterocycles. The van der Waals surface area contributed by atoms with Gasteiger partial charge in [-0.05, 0) is 46.0 Å². The second-order valence-electron chi connectivity index (χ2n) is 4.92. The lowest BCUT2D eigenvalue weighted by Crippen LogP contribution is -2.51. The number of esters is 1. The van der Waals surface area contributed by atoms with E-state index in [-0.39, 0.29) is 5.97 Å². The molecule has 1 aliphatic carbocycles. The maximum absolute atomic E-state index is 12.0. The van der Waals surface area contributed by atoms with Crippen LogP contribution in [0.25, 0.3) is 0 Å². The van der Waals surface area contributed by atoms with Crippen molar-refractivity contribution < 1.29 is 14.3 Å². The Morgan fingerprint density at radius 2 is 2.12 bits per heavy atom. The molecule has 1 N–H and O–H groups in total. The molecule has 100 valence electrons. The van der Waals surface area contributed by atoms with Crippen molar-refractivity contribution in [2.24, 2.45) is 0 Å². The normalized spacial score (nSPS) is 18.8. The van der Waals surface area contributed by atoms with Gasteiger partial charge in [-0.15, -0.1) is 0 Å². The van der Waals surface area contributed by atoms with E-state index in [4.69, 9.17) is 9.47 Å². The molecule has 0 aromatic heterocycles. The smallest absolute Gasteiger partial charge is 0.326 e. The van der Waals surface area contributed by atoms with Gasteiger partial charge in [0.25, 0.3) is 0 Å². The van der Waals surface area contributed by atoms with E-state index in [1.807, 2.05) is 13.8 Å². The van der Waals surface area contributed by atoms with Gasteiger partial charge in [0.1, 0.15) is 5.54 Å². The van der Waals surface area contributed by atoms with Crippen LogP contribution in [-0.2, 0) is 14.3 Å². The van der Waals surface area contributed by atoms with Crippen molar-refractivity contribution in [3.8, 4) is 0 Å². The minimum Gasteiger partial charge on any atom is -0.465 e. The highest BCUT2D eigenvalue weighted by atomic mass is 16.5. The third kappa shape index (κ3) is 5.04. The average Bonchev–Trinajstić information content (AvgIpc) is 3.08. The highest BCUT2D eigenvalue weighted by molar-refractivity contribution is 5.80. The van der Waals surface area contributed by atoms with Crippen molar-refractivity contribution in [2.45, 2.75) is 57.5 Å². The lowest BCUT2D eigenvalue weighted by molar-refractivity contribution is -0.151. The van der Waals surface area contributed by atoms with Gasteiger partial charge in [-0.25, -0.2) is 0 Å². The van der Waals surface area contributed by atoms with E-state index < -0.39 is 5.54 Å². The van der Waals surface area contributed by atoms with Crippen LogP contribution in [0.3, 0.4) is 0 Å². The van der Waals surface area contributed by atoms with Crippen LogP contribution in [0.4, 0.5) is 0 Å². The van der Waals surface area contributed by atoms with Gasteiger partial charge < -0.3 is 9.47 Å². The maximum Gasteiger partial charge on any atom is 0.326 e. The molecule has 0 amide bonds. The number of ether oxygens (including phenoxy) is 2. The van der Waals surface area contributed by atoms with Crippen LogP contribution >= 0.6 is 0 Å². The van der Waals surface area contributed by atoms with Crippen molar-refractivity contribution in [1.82, 2.24) is 5.32 Å². The molecule has 0 saturated heterocycles. The molecule has 0 bridgehead atoms. The van der Waals surface area contributed by atoms with Crippen LogP contribution in [-0.4, -0.2) is 37.9 Å². The zero-order valence-electron chi connectivity index (χ0n) is 11.3. The molecular formula is C13H25NO3. The van der Waals surface area contributed by atoms with Gasteiger partial charge in [0, 0.05) is 19.8 Å². The summed E-state index contributed by atoms with van der Waals surface area (Å²) in [5.74, 6) is -0.121. The van der Waals surface area contributed by atoms with Gasteiger partial charge in [0.05, 0.1) is 6.61 Å². The van der Waals surface area contributed by atoms with Crippen LogP contribution in [0.15, 0.2) is 0 Å². The molecule has 0 radical (unpaired) electrons. The van der Waals surface area contributed by atoms with E-state index in [1.165, 1.54) is 12.8 Å². The fraction of sp³-hybridized carbons (Fsp3) is 0.923. The number of rotatable bonds is 9. The summed E-state index contributed by atoms with van der Waals surface area (Å²) in [6, 6.07) is 0.506. The molecule has 0 aliphatic heterocycles. The summed E-state index contributed by atoms with van der Waals surface area (Å²) >= 11 is 0. The Kier molecular flexibility index (Phi) is 5.92. The Labute approximate surface area is 104 Å². The van der Waals surface area contributed by atoms with E-state index in [2.05, 4.69) is 5.32 Å². The van der Waals surface area contributed by atoms with E-state index in [9.17, 15) is 4.79 Å². The zero-order chi connectivity index (χ0) is 12.7. The second-order valence-corrected chi connectivity index (χ2v) is 4.92. The summed E-state index contributed by atoms with van der Waals surface area (Å²) in [6.07, 6.45) is 5.12. The fourth-order valence-electron chi connectivity index (χ4n) is 1.93. The first-order valence-corrected chi connectivity index (χ1v) is 6.56. The lowest BCUT2D eigenvalue weighted by Gasteiger charge is -2.28. The van der Waals surface area contributed by atoms with Crippen LogP contribution in [0.2, 0.25) is 0 Å². The standard InChI is InChI=1S/C13H25NO3/c1-4-17-12(15)13(2,14-11-7-8-11)9-5-6-10-16-3/h11,14H,4-10H2,1-3H3. The number of hydrogen-bond donors (Lipinski definition) is 1. The maximum atomic E-state index is 12.0. The van der Waals surface area contributed by atoms with Gasteiger partial charge in [-0.1, -0.05) is 0 Å². The summed E-state index contributed by atoms with van der Waals surface area (Å²) in [4.78, 5) is 12.0. The van der Waals surface area contributed by atoms with Crippen molar-refractivity contribution in [3.05, 3.63) is 0 Å². The largest absolute Gasteiger partial charge is 0.465 e. The molecule has 1 fully saturated rings. The number of carbonyl (C=O) groups excluding carboxylic acids is 1. The Balaban J connectivity index is 2.41. The van der Waals surface area contributed by atoms with Gasteiger partial charge in [0.2, 0.25) is 0 Å². The Morgan fingerprint density at radius 1 is 1.41 bits per heavy atom. The molecular weight excluding hydrogens is 218 g/mol. The monoisotopic (exact) mass is 243 g/mol. The molecule has 0 spiro atoms. The number of carbonyl (C=O) groups is 1. The molecule has 1 aliphatic rings. The first-order valence-electron chi connectivity index (χ1n) is 6.56. The van der Waals surface area contributed by atoms with Gasteiger partial charge in [0.15, 0.2) is 0 Å². The highest BCUT2D eigenvalue weighted by Gasteiger charge is 2.38. The van der Waals surface area contributed by atoms with E-state index in [0.29, 0.717) is 12.6 Å². The Bertz CT molecular complexity index is 241. The molecule has 4 nitrogen and oxygen atoms in total. The van der Waals surface area contributed by atoms with Gasteiger partial charge in [-0.3, -0.25) is 10.1 Å². The molecule has 17 heavy (non-hydrogen) atoms. The quantitative estimate of drug-likeness (QED) is 0.496. The van der Waals surface area contributed by atoms with E-state index >= 15 is 0 Å². The van der Waals surface area contributed by atoms with Crippen molar-refractivity contribution in [1.29, 1.82) is 0 Å². The third-order valence-corrected chi connectivity index (χ3v) is 3.10. The van der Waals surface area contributed by atoms with Crippen LogP contribution in [0.5, 0.6) is 0 Å². The zero-order valence-corrected chi connectivity index (χ0v) is 11.3. The summed E-state index contributed by atoms with van der Waals surface area (Å²) in [6.45, 7) is 5.00. The second kappa shape index (κ2) is 6.97. The molecule has 1 unspecified atom stereocenters. The Morgan fingerprint density at radius 3 is 2.65 bits per heavy atom. The summed E-state index contributed by atoms with van der Waals surface area (Å²) in [5, 5.41) is 3.41. The minimum atomic E-state index is -0.523. The van der Waals surface area contributed by atoms with E-state index in [0.717, 1.165) is 25.9 Å². The lowest BCUT2D eigenvalue weighted by atomic mass is 9.94. The molecule has 1 atom stereocenters. The SMILES string of the molecule is CCOC(=O)C(C)(CCCCOC)NC1CC1. The van der Waals surface area contributed by atoms with Crippen LogP contribution in [0, 0.1) is 0 Å². The molecule has 0 aromatic carbocycles. The number of hydrogen-bond acceptors (Lipinski definition) is 4. The summed E-state index contributed by atoms with van der Waals surface area (Å²) in [5.41, 5.74) is -0.523. The predicted molar refractivity (Wildman–Crippen MR) is 66.9 cm³/mol. The van der Waals surface area contributed by atoms with Gasteiger partial charge in [-0.2, -0.15) is 0 Å². The van der Waals surface area contributed by atoms with Gasteiger partial charge >= 0.3 is 5.97 Å². The summed E-state index contributed by atoms with van der Waals surface area (Å²) in [7, 11) is 1.70. The number of nitrogens with one attached hydrogen (secondary N) is 1. The average molecular weight is 243 g/mol. The molecule has 1 rings (SSSR count). The summed E-state index contributed by atoms with van der Waals surface area (Å²) < 4.78 is 10.2. The molecule has 1 saturated carbocycles. The molecule has 4 heteroatoms. The Hall–Kier alpha value is -0.610. The number of unbranched alkanes of at least 4 members (excludes halogenated alkanes) is 1. The van der Waals surface area contributed by atoms with Crippen LogP contribution in [0.1, 0.15) is 46.0 Å². The number of methoxy groups -OCH3 is 1. The van der Waals surface area contributed by atoms with Crippen LogP contribution < -0.4 is 5.32 Å². The first-order chi connectivity index (χ1) is 8.12. The van der Waals surface area contributed by atoms with Crippen molar-refractivity contribution in [3.63, 3.8) is 0 Å². The topological polar surface area (TPSA) is 47.6 Å². The third-order valence-electron chi connectivity index (χ3n) is 3.10. The van der Waals surface area contributed by atoms with E-state index in [1.54, 1.807) is 7.11 Å². The predicted octanol–water partition coefficient (Wildman–Crippen LogP) is 1.88. The highest BCUT2D eigenvalue weighted by Crippen LogP contribution is 2.26. The van der Waals surface area contributed by atoms with Crippen molar-refractivity contribution in [2.75, 3.05) is 20.3 Å². The fourth-order valence-corrected chi connectivity index (χ4v) is 1.93. The molecule has 0 aromatic rings. The minimum absolute atomic E-state index is 0.121. The first kappa shape index (κ1) is 14.5. The van der Waals surface area contributed by atoms with Crippen molar-refractivity contribution >= 4 is 5.97 Å².